The van der Waals surface area contributed by atoms with Gasteiger partial charge < -0.3 is 20.3 Å². The SMILES string of the molecule is CCCCC/C=C\CCCCCC(CC(=O)NC(CO)C(O)CCCCCCCCCCCCC)OC(=O)CCCCCCCCCCCCCCC. The summed E-state index contributed by atoms with van der Waals surface area (Å²) in [5.74, 6) is -0.480. The van der Waals surface area contributed by atoms with Crippen molar-refractivity contribution in [2.75, 3.05) is 6.61 Å². The van der Waals surface area contributed by atoms with Crippen LogP contribution in [0.1, 0.15) is 252 Å². The number of unbranched alkanes of at least 4 members (excludes halogenated alkanes) is 28. The van der Waals surface area contributed by atoms with Crippen molar-refractivity contribution in [1.29, 1.82) is 0 Å². The van der Waals surface area contributed by atoms with Gasteiger partial charge in [-0.2, -0.15) is 0 Å². The molecule has 0 fully saturated rings. The van der Waals surface area contributed by atoms with Crippen LogP contribution < -0.4 is 5.32 Å². The number of carbonyl (C=O) groups excluding carboxylic acids is 2. The highest BCUT2D eigenvalue weighted by Crippen LogP contribution is 2.18. The summed E-state index contributed by atoms with van der Waals surface area (Å²) in [6.45, 7) is 6.44. The molecular weight excluding hydrogens is 659 g/mol. The van der Waals surface area contributed by atoms with Crippen LogP contribution in [0.5, 0.6) is 0 Å². The van der Waals surface area contributed by atoms with Crippen molar-refractivity contribution in [2.45, 2.75) is 270 Å². The van der Waals surface area contributed by atoms with Crippen LogP contribution in [0.2, 0.25) is 0 Å². The fourth-order valence-electron chi connectivity index (χ4n) is 7.25. The Morgan fingerprint density at radius 1 is 0.528 bits per heavy atom. The Labute approximate surface area is 329 Å². The third kappa shape index (κ3) is 37.3. The number of nitrogens with one attached hydrogen (secondary N) is 1. The molecule has 3 unspecified atom stereocenters. The van der Waals surface area contributed by atoms with Crippen LogP contribution in [-0.4, -0.2) is 46.9 Å². The zero-order valence-electron chi connectivity index (χ0n) is 35.7. The lowest BCUT2D eigenvalue weighted by Gasteiger charge is -2.24. The standard InChI is InChI=1S/C47H91NO5/c1-4-7-10-13-16-19-22-23-25-28-31-34-37-40-47(52)53-43(38-35-32-29-26-21-18-15-12-9-6-3)41-46(51)48-44(42-49)45(50)39-36-33-30-27-24-20-17-14-11-8-5-2/h18,21,43-45,49-50H,4-17,19-20,22-42H2,1-3H3,(H,48,51)/b21-18-. The van der Waals surface area contributed by atoms with E-state index in [0.29, 0.717) is 19.3 Å². The molecule has 1 amide bonds. The molecular formula is C47H91NO5. The first kappa shape index (κ1) is 51.6. The largest absolute Gasteiger partial charge is 0.462 e. The number of hydrogen-bond donors (Lipinski definition) is 3. The first-order valence-electron chi connectivity index (χ1n) is 23.4. The monoisotopic (exact) mass is 750 g/mol. The maximum absolute atomic E-state index is 13.1. The van der Waals surface area contributed by atoms with Crippen LogP contribution in [0.3, 0.4) is 0 Å². The van der Waals surface area contributed by atoms with E-state index in [1.807, 2.05) is 0 Å². The number of rotatable bonds is 42. The summed E-state index contributed by atoms with van der Waals surface area (Å²) in [4.78, 5) is 25.9. The van der Waals surface area contributed by atoms with Gasteiger partial charge in [0.1, 0.15) is 6.10 Å². The van der Waals surface area contributed by atoms with E-state index in [-0.39, 0.29) is 24.9 Å². The molecule has 6 nitrogen and oxygen atoms in total. The minimum Gasteiger partial charge on any atom is -0.462 e. The van der Waals surface area contributed by atoms with Gasteiger partial charge in [-0.1, -0.05) is 200 Å². The maximum atomic E-state index is 13.1. The van der Waals surface area contributed by atoms with E-state index >= 15 is 0 Å². The average Bonchev–Trinajstić information content (AvgIpc) is 3.15. The summed E-state index contributed by atoms with van der Waals surface area (Å²) in [5.41, 5.74) is 0. The molecule has 3 N–H and O–H groups in total. The number of amides is 1. The molecule has 0 heterocycles. The predicted molar refractivity (Wildman–Crippen MR) is 227 cm³/mol. The summed E-state index contributed by atoms with van der Waals surface area (Å²) < 4.78 is 5.89. The van der Waals surface area contributed by atoms with Crippen LogP contribution >= 0.6 is 0 Å². The van der Waals surface area contributed by atoms with Crippen molar-refractivity contribution in [3.8, 4) is 0 Å². The van der Waals surface area contributed by atoms with Crippen LogP contribution in [0, 0.1) is 0 Å². The van der Waals surface area contributed by atoms with Gasteiger partial charge in [-0.3, -0.25) is 9.59 Å². The number of esters is 1. The van der Waals surface area contributed by atoms with Crippen molar-refractivity contribution in [1.82, 2.24) is 5.32 Å². The molecule has 0 aromatic heterocycles. The topological polar surface area (TPSA) is 95.9 Å². The first-order valence-corrected chi connectivity index (χ1v) is 23.4. The number of aliphatic hydroxyl groups is 2. The van der Waals surface area contributed by atoms with Crippen molar-refractivity contribution < 1.29 is 24.5 Å². The van der Waals surface area contributed by atoms with Crippen LogP contribution in [0.15, 0.2) is 12.2 Å². The Morgan fingerprint density at radius 2 is 0.906 bits per heavy atom. The van der Waals surface area contributed by atoms with Gasteiger partial charge in [-0.15, -0.1) is 0 Å². The van der Waals surface area contributed by atoms with E-state index in [2.05, 4.69) is 38.2 Å². The quantitative estimate of drug-likeness (QED) is 0.0328. The summed E-state index contributed by atoms with van der Waals surface area (Å²) in [6, 6.07) is -0.697. The van der Waals surface area contributed by atoms with Gasteiger partial charge >= 0.3 is 5.97 Å². The second-order valence-corrected chi connectivity index (χ2v) is 16.2. The molecule has 0 aliphatic carbocycles. The summed E-state index contributed by atoms with van der Waals surface area (Å²) in [6.07, 6.45) is 44.1. The summed E-state index contributed by atoms with van der Waals surface area (Å²) in [7, 11) is 0. The molecule has 0 saturated heterocycles. The smallest absolute Gasteiger partial charge is 0.306 e. The second-order valence-electron chi connectivity index (χ2n) is 16.2. The third-order valence-electron chi connectivity index (χ3n) is 10.8. The van der Waals surface area contributed by atoms with Crippen molar-refractivity contribution in [3.05, 3.63) is 12.2 Å². The van der Waals surface area contributed by atoms with Crippen LogP contribution in [0.25, 0.3) is 0 Å². The van der Waals surface area contributed by atoms with E-state index in [9.17, 15) is 19.8 Å². The zero-order chi connectivity index (χ0) is 38.9. The molecule has 0 radical (unpaired) electrons. The summed E-state index contributed by atoms with van der Waals surface area (Å²) in [5, 5.41) is 23.6. The number of hydrogen-bond acceptors (Lipinski definition) is 5. The molecule has 0 aromatic carbocycles. The molecule has 0 bridgehead atoms. The maximum Gasteiger partial charge on any atom is 0.306 e. The third-order valence-corrected chi connectivity index (χ3v) is 10.8. The summed E-state index contributed by atoms with van der Waals surface area (Å²) >= 11 is 0. The van der Waals surface area contributed by atoms with E-state index in [4.69, 9.17) is 4.74 Å². The van der Waals surface area contributed by atoms with Gasteiger partial charge in [-0.05, 0) is 51.4 Å². The lowest BCUT2D eigenvalue weighted by molar-refractivity contribution is -0.151. The van der Waals surface area contributed by atoms with Gasteiger partial charge in [-0.25, -0.2) is 0 Å². The van der Waals surface area contributed by atoms with Crippen LogP contribution in [0.4, 0.5) is 0 Å². The molecule has 3 atom stereocenters. The molecule has 6 heteroatoms. The number of aliphatic hydroxyl groups excluding tert-OH is 2. The Kier molecular flexibility index (Phi) is 40.7. The Morgan fingerprint density at radius 3 is 1.38 bits per heavy atom. The van der Waals surface area contributed by atoms with Gasteiger partial charge in [0.05, 0.1) is 25.2 Å². The average molecular weight is 750 g/mol. The number of allylic oxidation sites excluding steroid dienone is 2. The van der Waals surface area contributed by atoms with Gasteiger partial charge in [0.2, 0.25) is 5.91 Å². The van der Waals surface area contributed by atoms with Gasteiger partial charge in [0, 0.05) is 6.42 Å². The first-order chi connectivity index (χ1) is 26.0. The molecule has 0 aromatic rings. The lowest BCUT2D eigenvalue weighted by Crippen LogP contribution is -2.46. The fraction of sp³-hybridized carbons (Fsp3) is 0.915. The molecule has 0 aliphatic heterocycles. The molecule has 0 aliphatic rings. The minimum atomic E-state index is -0.783. The lowest BCUT2D eigenvalue weighted by atomic mass is 10.0. The van der Waals surface area contributed by atoms with E-state index in [1.165, 1.54) is 141 Å². The fourth-order valence-corrected chi connectivity index (χ4v) is 7.25. The second kappa shape index (κ2) is 41.8. The van der Waals surface area contributed by atoms with E-state index in [0.717, 1.165) is 64.2 Å². The highest BCUT2D eigenvalue weighted by atomic mass is 16.5. The normalized spacial score (nSPS) is 13.4. The molecule has 0 saturated carbocycles. The Balaban J connectivity index is 4.54. The van der Waals surface area contributed by atoms with Crippen molar-refractivity contribution in [2.24, 2.45) is 0 Å². The highest BCUT2D eigenvalue weighted by Gasteiger charge is 2.24. The Hall–Kier alpha value is -1.40. The Bertz CT molecular complexity index is 802. The minimum absolute atomic E-state index is 0.0728. The van der Waals surface area contributed by atoms with Crippen molar-refractivity contribution >= 4 is 11.9 Å². The van der Waals surface area contributed by atoms with Crippen molar-refractivity contribution in [3.63, 3.8) is 0 Å². The predicted octanol–water partition coefficient (Wildman–Crippen LogP) is 13.4. The van der Waals surface area contributed by atoms with Gasteiger partial charge in [0.15, 0.2) is 0 Å². The van der Waals surface area contributed by atoms with Crippen LogP contribution in [-0.2, 0) is 14.3 Å². The molecule has 0 rings (SSSR count). The number of ether oxygens (including phenoxy) is 1. The zero-order valence-corrected chi connectivity index (χ0v) is 35.7. The molecule has 53 heavy (non-hydrogen) atoms. The van der Waals surface area contributed by atoms with Gasteiger partial charge in [0.25, 0.3) is 0 Å². The van der Waals surface area contributed by atoms with E-state index < -0.39 is 18.2 Å². The van der Waals surface area contributed by atoms with E-state index in [1.54, 1.807) is 0 Å². The number of carbonyl (C=O) groups is 2. The molecule has 0 spiro atoms. The molecule has 314 valence electrons. The highest BCUT2D eigenvalue weighted by molar-refractivity contribution is 5.77.